The SMILES string of the molecule is CC(O)c1cc(F)ccc1OCCSc1ccccc1. The van der Waals surface area contributed by atoms with Crippen LogP contribution in [-0.2, 0) is 0 Å². The molecule has 0 saturated heterocycles. The molecule has 0 aliphatic heterocycles. The third-order valence-electron chi connectivity index (χ3n) is 2.77. The Hall–Kier alpha value is -1.52. The monoisotopic (exact) mass is 292 g/mol. The Morgan fingerprint density at radius 3 is 2.65 bits per heavy atom. The number of thioether (sulfide) groups is 1. The molecule has 106 valence electrons. The zero-order chi connectivity index (χ0) is 14.4. The fraction of sp³-hybridized carbons (Fsp3) is 0.250. The molecular formula is C16H17FO2S. The van der Waals surface area contributed by atoms with E-state index in [-0.39, 0.29) is 5.82 Å². The smallest absolute Gasteiger partial charge is 0.125 e. The minimum atomic E-state index is -0.748. The number of rotatable bonds is 6. The summed E-state index contributed by atoms with van der Waals surface area (Å²) in [5.74, 6) is 0.961. The van der Waals surface area contributed by atoms with Crippen molar-refractivity contribution in [1.29, 1.82) is 0 Å². The molecule has 2 rings (SSSR count). The maximum Gasteiger partial charge on any atom is 0.125 e. The van der Waals surface area contributed by atoms with E-state index in [0.29, 0.717) is 17.9 Å². The van der Waals surface area contributed by atoms with Gasteiger partial charge in [0.2, 0.25) is 0 Å². The predicted octanol–water partition coefficient (Wildman–Crippen LogP) is 4.05. The highest BCUT2D eigenvalue weighted by molar-refractivity contribution is 7.99. The van der Waals surface area contributed by atoms with E-state index >= 15 is 0 Å². The fourth-order valence-corrected chi connectivity index (χ4v) is 2.56. The van der Waals surface area contributed by atoms with E-state index in [2.05, 4.69) is 0 Å². The zero-order valence-electron chi connectivity index (χ0n) is 11.3. The number of benzene rings is 2. The average Bonchev–Trinajstić information content (AvgIpc) is 2.45. The summed E-state index contributed by atoms with van der Waals surface area (Å²) in [7, 11) is 0. The van der Waals surface area contributed by atoms with Gasteiger partial charge >= 0.3 is 0 Å². The Balaban J connectivity index is 1.88. The summed E-state index contributed by atoms with van der Waals surface area (Å²) >= 11 is 1.70. The first-order valence-corrected chi connectivity index (χ1v) is 7.43. The van der Waals surface area contributed by atoms with Gasteiger partial charge in [0.05, 0.1) is 12.7 Å². The second-order valence-electron chi connectivity index (χ2n) is 4.37. The molecule has 0 amide bonds. The number of ether oxygens (including phenoxy) is 1. The average molecular weight is 292 g/mol. The summed E-state index contributed by atoms with van der Waals surface area (Å²) in [6, 6.07) is 14.3. The zero-order valence-corrected chi connectivity index (χ0v) is 12.1. The Morgan fingerprint density at radius 2 is 1.95 bits per heavy atom. The highest BCUT2D eigenvalue weighted by Crippen LogP contribution is 2.26. The van der Waals surface area contributed by atoms with Gasteiger partial charge in [0.25, 0.3) is 0 Å². The predicted molar refractivity (Wildman–Crippen MR) is 79.7 cm³/mol. The Morgan fingerprint density at radius 1 is 1.20 bits per heavy atom. The van der Waals surface area contributed by atoms with E-state index in [1.54, 1.807) is 24.8 Å². The van der Waals surface area contributed by atoms with Crippen molar-refractivity contribution in [2.24, 2.45) is 0 Å². The molecule has 0 heterocycles. The van der Waals surface area contributed by atoms with Gasteiger partial charge in [-0.2, -0.15) is 0 Å². The van der Waals surface area contributed by atoms with Crippen molar-refractivity contribution in [2.75, 3.05) is 12.4 Å². The lowest BCUT2D eigenvalue weighted by Gasteiger charge is -2.13. The first-order chi connectivity index (χ1) is 9.66. The van der Waals surface area contributed by atoms with E-state index in [0.717, 1.165) is 5.75 Å². The Kier molecular flexibility index (Phi) is 5.44. The second kappa shape index (κ2) is 7.31. The molecule has 0 spiro atoms. The molecule has 1 atom stereocenters. The van der Waals surface area contributed by atoms with Crippen molar-refractivity contribution in [3.8, 4) is 5.75 Å². The van der Waals surface area contributed by atoms with Crippen molar-refractivity contribution in [2.45, 2.75) is 17.9 Å². The van der Waals surface area contributed by atoms with Crippen molar-refractivity contribution in [3.63, 3.8) is 0 Å². The molecular weight excluding hydrogens is 275 g/mol. The molecule has 0 fully saturated rings. The van der Waals surface area contributed by atoms with E-state index in [4.69, 9.17) is 4.74 Å². The Labute approximate surface area is 122 Å². The molecule has 1 N–H and O–H groups in total. The van der Waals surface area contributed by atoms with Gasteiger partial charge in [0.15, 0.2) is 0 Å². The maximum atomic E-state index is 13.1. The van der Waals surface area contributed by atoms with Gasteiger partial charge in [-0.1, -0.05) is 18.2 Å². The minimum absolute atomic E-state index is 0.369. The van der Waals surface area contributed by atoms with E-state index in [9.17, 15) is 9.50 Å². The molecule has 0 radical (unpaired) electrons. The summed E-state index contributed by atoms with van der Waals surface area (Å²) in [6.07, 6.45) is -0.748. The quantitative estimate of drug-likeness (QED) is 0.643. The minimum Gasteiger partial charge on any atom is -0.492 e. The van der Waals surface area contributed by atoms with Crippen molar-refractivity contribution < 1.29 is 14.2 Å². The van der Waals surface area contributed by atoms with Gasteiger partial charge in [0.1, 0.15) is 11.6 Å². The van der Waals surface area contributed by atoms with Gasteiger partial charge in [-0.15, -0.1) is 11.8 Å². The van der Waals surface area contributed by atoms with Gasteiger partial charge in [-0.3, -0.25) is 0 Å². The van der Waals surface area contributed by atoms with Crippen LogP contribution in [0.5, 0.6) is 5.75 Å². The molecule has 2 aromatic carbocycles. The van der Waals surface area contributed by atoms with Crippen molar-refractivity contribution in [3.05, 3.63) is 59.9 Å². The van der Waals surface area contributed by atoms with Gasteiger partial charge in [0, 0.05) is 16.2 Å². The highest BCUT2D eigenvalue weighted by atomic mass is 32.2. The summed E-state index contributed by atoms with van der Waals surface area (Å²) in [5.41, 5.74) is 0.481. The second-order valence-corrected chi connectivity index (χ2v) is 5.54. The Bertz CT molecular complexity index is 543. The van der Waals surface area contributed by atoms with Crippen LogP contribution in [0.25, 0.3) is 0 Å². The largest absolute Gasteiger partial charge is 0.492 e. The lowest BCUT2D eigenvalue weighted by atomic mass is 10.1. The van der Waals surface area contributed by atoms with Crippen LogP contribution in [0.1, 0.15) is 18.6 Å². The third-order valence-corrected chi connectivity index (χ3v) is 3.75. The van der Waals surface area contributed by atoms with Crippen LogP contribution >= 0.6 is 11.8 Å². The first kappa shape index (κ1) is 14.9. The summed E-state index contributed by atoms with van der Waals surface area (Å²) < 4.78 is 18.8. The first-order valence-electron chi connectivity index (χ1n) is 6.45. The molecule has 0 aliphatic carbocycles. The molecule has 0 aromatic heterocycles. The van der Waals surface area contributed by atoms with Crippen molar-refractivity contribution >= 4 is 11.8 Å². The number of aliphatic hydroxyl groups is 1. The number of hydrogen-bond donors (Lipinski definition) is 1. The van der Waals surface area contributed by atoms with Gasteiger partial charge < -0.3 is 9.84 Å². The molecule has 2 aromatic rings. The fourth-order valence-electron chi connectivity index (χ4n) is 1.81. The van der Waals surface area contributed by atoms with Gasteiger partial charge in [-0.05, 0) is 37.3 Å². The van der Waals surface area contributed by atoms with Crippen LogP contribution in [-0.4, -0.2) is 17.5 Å². The van der Waals surface area contributed by atoms with Crippen LogP contribution in [0, 0.1) is 5.82 Å². The van der Waals surface area contributed by atoms with E-state index < -0.39 is 6.10 Å². The van der Waals surface area contributed by atoms with Crippen LogP contribution in [0.2, 0.25) is 0 Å². The molecule has 2 nitrogen and oxygen atoms in total. The lowest BCUT2D eigenvalue weighted by molar-refractivity contribution is 0.191. The normalized spacial score (nSPS) is 12.2. The summed E-state index contributed by atoms with van der Waals surface area (Å²) in [5, 5.41) is 9.61. The lowest BCUT2D eigenvalue weighted by Crippen LogP contribution is -2.04. The molecule has 4 heteroatoms. The molecule has 1 unspecified atom stereocenters. The molecule has 0 aliphatic rings. The summed E-state index contributed by atoms with van der Waals surface area (Å²) in [4.78, 5) is 1.19. The third kappa shape index (κ3) is 4.25. The van der Waals surface area contributed by atoms with Crippen LogP contribution < -0.4 is 4.74 Å². The van der Waals surface area contributed by atoms with Gasteiger partial charge in [-0.25, -0.2) is 4.39 Å². The highest BCUT2D eigenvalue weighted by Gasteiger charge is 2.10. The topological polar surface area (TPSA) is 29.5 Å². The van der Waals surface area contributed by atoms with Crippen LogP contribution in [0.3, 0.4) is 0 Å². The standard InChI is InChI=1S/C16H17FO2S/c1-12(18)15-11-13(17)7-8-16(15)19-9-10-20-14-5-3-2-4-6-14/h2-8,11-12,18H,9-10H2,1H3. The number of halogens is 1. The van der Waals surface area contributed by atoms with E-state index in [1.807, 2.05) is 30.3 Å². The molecule has 0 bridgehead atoms. The maximum absolute atomic E-state index is 13.1. The molecule has 0 saturated carbocycles. The molecule has 20 heavy (non-hydrogen) atoms. The van der Waals surface area contributed by atoms with Crippen LogP contribution in [0.15, 0.2) is 53.4 Å². The number of aliphatic hydroxyl groups excluding tert-OH is 1. The van der Waals surface area contributed by atoms with Crippen molar-refractivity contribution in [1.82, 2.24) is 0 Å². The van der Waals surface area contributed by atoms with Crippen LogP contribution in [0.4, 0.5) is 4.39 Å². The number of hydrogen-bond acceptors (Lipinski definition) is 3. The summed E-state index contributed by atoms with van der Waals surface area (Å²) in [6.45, 7) is 2.10. The van der Waals surface area contributed by atoms with E-state index in [1.165, 1.54) is 17.0 Å².